The predicted molar refractivity (Wildman–Crippen MR) is 308 cm³/mol. The number of hydrogen-bond donors (Lipinski definition) is 1. The molecule has 0 fully saturated rings. The molecule has 0 spiro atoms. The van der Waals surface area contributed by atoms with Crippen molar-refractivity contribution in [3.05, 3.63) is 265 Å². The van der Waals surface area contributed by atoms with E-state index in [4.69, 9.17) is 9.97 Å². The maximum Gasteiger partial charge on any atom is 0.148 e. The Kier molecular flexibility index (Phi) is 13.8. The third-order valence-corrected chi connectivity index (χ3v) is 14.8. The molecule has 372 valence electrons. The van der Waals surface area contributed by atoms with Crippen LogP contribution >= 0.6 is 0 Å². The van der Waals surface area contributed by atoms with E-state index < -0.39 is 0 Å². The summed E-state index contributed by atoms with van der Waals surface area (Å²) in [5.74, 6) is 0.818. The average molecular weight is 1150 g/mol. The Morgan fingerprint density at radius 2 is 0.933 bits per heavy atom. The van der Waals surface area contributed by atoms with Crippen molar-refractivity contribution >= 4 is 11.0 Å². The van der Waals surface area contributed by atoms with Crippen LogP contribution < -0.4 is 0 Å². The molecule has 2 heterocycles. The fourth-order valence-electron chi connectivity index (χ4n) is 10.4. The molecule has 0 radical (unpaired) electrons. The van der Waals surface area contributed by atoms with Gasteiger partial charge in [0.15, 0.2) is 0 Å². The van der Waals surface area contributed by atoms with Gasteiger partial charge in [-0.15, -0.1) is 29.3 Å². The number of imidazole rings is 1. The van der Waals surface area contributed by atoms with E-state index in [0.717, 1.165) is 78.0 Å². The second kappa shape index (κ2) is 20.4. The standard InChI is InChI=1S/C70H60N3O.Pt/c1-68(2,3)56-38-39-63(61(46-56)49-24-14-9-15-25-49)73-64-33-21-30-58(65(64)72-67(73)60-32-20-31-59(66(60)74)48-22-12-8-13-23-48)51-42-52(44-57(43-51)69(4,5)6)62-45-50(40-41-71-62)47-34-36-55(37-35-47)70(7,53-26-16-10-17-27-53)54-28-18-11-19-29-54;/h8-41,43-46,74H,1-7H3;/q-1;. The van der Waals surface area contributed by atoms with Crippen molar-refractivity contribution in [3.8, 4) is 78.6 Å². The van der Waals surface area contributed by atoms with Crippen LogP contribution in [-0.2, 0) is 37.3 Å². The van der Waals surface area contributed by atoms with Gasteiger partial charge in [-0.25, -0.2) is 4.98 Å². The molecule has 11 rings (SSSR count). The van der Waals surface area contributed by atoms with E-state index in [0.29, 0.717) is 11.4 Å². The van der Waals surface area contributed by atoms with Crippen LogP contribution in [-0.4, -0.2) is 19.6 Å². The second-order valence-corrected chi connectivity index (χ2v) is 21.7. The minimum Gasteiger partial charge on any atom is -0.507 e. The Bertz CT molecular complexity index is 3760. The van der Waals surface area contributed by atoms with Crippen molar-refractivity contribution in [3.63, 3.8) is 0 Å². The summed E-state index contributed by atoms with van der Waals surface area (Å²) in [4.78, 5) is 10.6. The Morgan fingerprint density at radius 3 is 1.55 bits per heavy atom. The minimum absolute atomic E-state index is 0. The number of benzene rings is 9. The Labute approximate surface area is 456 Å². The average Bonchev–Trinajstić information content (AvgIpc) is 3.84. The Balaban J connectivity index is 0.00000641. The Morgan fingerprint density at radius 1 is 0.413 bits per heavy atom. The molecule has 0 amide bonds. The molecule has 0 aliphatic rings. The van der Waals surface area contributed by atoms with Crippen molar-refractivity contribution in [1.82, 2.24) is 14.5 Å². The molecule has 0 bridgehead atoms. The molecule has 0 saturated heterocycles. The molecular formula is C70H60N3OPt-. The first-order valence-corrected chi connectivity index (χ1v) is 25.6. The molecule has 5 heteroatoms. The van der Waals surface area contributed by atoms with Crippen molar-refractivity contribution in [2.45, 2.75) is 64.7 Å². The summed E-state index contributed by atoms with van der Waals surface area (Å²) >= 11 is 0. The molecule has 11 aromatic rings. The molecule has 0 saturated carbocycles. The number of pyridine rings is 1. The number of nitrogens with zero attached hydrogens (tertiary/aromatic N) is 3. The maximum absolute atomic E-state index is 12.4. The summed E-state index contributed by atoms with van der Waals surface area (Å²) < 4.78 is 2.24. The van der Waals surface area contributed by atoms with Crippen molar-refractivity contribution in [2.24, 2.45) is 0 Å². The summed E-state index contributed by atoms with van der Waals surface area (Å²) in [5.41, 5.74) is 18.4. The number of aromatic hydroxyl groups is 1. The topological polar surface area (TPSA) is 50.9 Å². The van der Waals surface area contributed by atoms with E-state index >= 15 is 0 Å². The van der Waals surface area contributed by atoms with Crippen LogP contribution in [0.15, 0.2) is 231 Å². The van der Waals surface area contributed by atoms with Gasteiger partial charge in [-0.3, -0.25) is 9.55 Å². The van der Waals surface area contributed by atoms with Crippen LogP contribution in [0.3, 0.4) is 0 Å². The molecule has 0 unspecified atom stereocenters. The van der Waals surface area contributed by atoms with E-state index in [1.807, 2.05) is 54.7 Å². The van der Waals surface area contributed by atoms with E-state index in [9.17, 15) is 5.11 Å². The zero-order valence-electron chi connectivity index (χ0n) is 43.5. The van der Waals surface area contributed by atoms with Gasteiger partial charge in [-0.2, -0.15) is 0 Å². The van der Waals surface area contributed by atoms with Crippen molar-refractivity contribution < 1.29 is 26.2 Å². The third-order valence-electron chi connectivity index (χ3n) is 14.8. The molecule has 0 aliphatic heterocycles. The number of phenolic OH excluding ortho intramolecular Hbond substituents is 1. The number of fused-ring (bicyclic) bond motifs is 1. The van der Waals surface area contributed by atoms with Gasteiger partial charge < -0.3 is 5.11 Å². The van der Waals surface area contributed by atoms with Gasteiger partial charge in [0.25, 0.3) is 0 Å². The van der Waals surface area contributed by atoms with Gasteiger partial charge >= 0.3 is 0 Å². The zero-order chi connectivity index (χ0) is 51.2. The fourth-order valence-corrected chi connectivity index (χ4v) is 10.4. The van der Waals surface area contributed by atoms with Crippen molar-refractivity contribution in [1.29, 1.82) is 0 Å². The van der Waals surface area contributed by atoms with Crippen LogP contribution in [0.25, 0.3) is 83.9 Å². The maximum atomic E-state index is 12.4. The number of aromatic nitrogens is 3. The molecule has 0 aliphatic carbocycles. The minimum atomic E-state index is -0.337. The molecular weight excluding hydrogens is 1090 g/mol. The Hall–Kier alpha value is -7.91. The summed E-state index contributed by atoms with van der Waals surface area (Å²) in [6.45, 7) is 15.8. The van der Waals surface area contributed by atoms with Crippen LogP contribution in [0, 0.1) is 6.07 Å². The van der Waals surface area contributed by atoms with E-state index in [1.54, 1.807) is 0 Å². The molecule has 75 heavy (non-hydrogen) atoms. The second-order valence-electron chi connectivity index (χ2n) is 21.7. The molecule has 0 atom stereocenters. The summed E-state index contributed by atoms with van der Waals surface area (Å²) in [7, 11) is 0. The zero-order valence-corrected chi connectivity index (χ0v) is 45.8. The number of para-hydroxylation sites is 2. The summed E-state index contributed by atoms with van der Waals surface area (Å²) in [6.07, 6.45) is 1.91. The first-order valence-electron chi connectivity index (χ1n) is 25.6. The quantitative estimate of drug-likeness (QED) is 0.110. The van der Waals surface area contributed by atoms with E-state index in [1.165, 1.54) is 22.3 Å². The first kappa shape index (κ1) is 50.6. The molecule has 2 aromatic heterocycles. The number of phenols is 1. The fraction of sp³-hybridized carbons (Fsp3) is 0.143. The normalized spacial score (nSPS) is 11.9. The largest absolute Gasteiger partial charge is 0.507 e. The van der Waals surface area contributed by atoms with Gasteiger partial charge in [0, 0.05) is 49.5 Å². The monoisotopic (exact) mass is 1150 g/mol. The third kappa shape index (κ3) is 9.72. The van der Waals surface area contributed by atoms with Gasteiger partial charge in [-0.05, 0) is 92.6 Å². The predicted octanol–water partition coefficient (Wildman–Crippen LogP) is 17.9. The van der Waals surface area contributed by atoms with Gasteiger partial charge in [-0.1, -0.05) is 235 Å². The molecule has 9 aromatic carbocycles. The summed E-state index contributed by atoms with van der Waals surface area (Å²) in [6, 6.07) is 83.0. The van der Waals surface area contributed by atoms with E-state index in [-0.39, 0.29) is 43.1 Å². The van der Waals surface area contributed by atoms with Crippen LogP contribution in [0.5, 0.6) is 5.75 Å². The van der Waals surface area contributed by atoms with Gasteiger partial charge in [0.2, 0.25) is 0 Å². The number of rotatable bonds is 10. The van der Waals surface area contributed by atoms with Crippen LogP contribution in [0.2, 0.25) is 0 Å². The smallest absolute Gasteiger partial charge is 0.148 e. The SMILES string of the molecule is CC(C)(C)c1cc(-c2cc(-c3ccc(C(C)(c4ccccc4)c4ccccc4)cc3)ccn2)[c-]c(-c2cccc3c2nc(-c2cccc(-c4ccccc4)c2O)n3-c2ccc(C(C)(C)C)cc2-c2ccccc2)c1.[Pt]. The molecule has 4 nitrogen and oxygen atoms in total. The number of hydrogen-bond acceptors (Lipinski definition) is 3. The van der Waals surface area contributed by atoms with Gasteiger partial charge in [0.05, 0.1) is 22.3 Å². The first-order chi connectivity index (χ1) is 35.8. The van der Waals surface area contributed by atoms with Crippen molar-refractivity contribution in [2.75, 3.05) is 0 Å². The summed E-state index contributed by atoms with van der Waals surface area (Å²) in [5, 5.41) is 12.4. The van der Waals surface area contributed by atoms with E-state index in [2.05, 4.69) is 235 Å². The van der Waals surface area contributed by atoms with Crippen LogP contribution in [0.4, 0.5) is 0 Å². The van der Waals surface area contributed by atoms with Crippen LogP contribution in [0.1, 0.15) is 76.3 Å². The molecule has 1 N–H and O–H groups in total. The van der Waals surface area contributed by atoms with Gasteiger partial charge in [0.1, 0.15) is 11.6 Å².